The summed E-state index contributed by atoms with van der Waals surface area (Å²) >= 11 is 4.35. The first-order valence-electron chi connectivity index (χ1n) is 7.13. The Morgan fingerprint density at radius 3 is 2.24 bits per heavy atom. The number of carbonyl (C=O) groups excluding carboxylic acids is 1. The summed E-state index contributed by atoms with van der Waals surface area (Å²) in [5, 5.41) is 2.92. The molecule has 0 unspecified atom stereocenters. The average Bonchev–Trinajstić information content (AvgIpc) is 2.54. The number of hydrogen-bond acceptors (Lipinski definition) is 2. The van der Waals surface area contributed by atoms with E-state index in [1.165, 1.54) is 4.31 Å². The Bertz CT molecular complexity index is 628. The van der Waals surface area contributed by atoms with Crippen LogP contribution in [0.5, 0.6) is 0 Å². The molecule has 3 nitrogen and oxygen atoms in total. The molecule has 0 spiro atoms. The molecule has 0 fully saturated rings. The first-order chi connectivity index (χ1) is 10.2. The third-order valence-corrected chi connectivity index (χ3v) is 3.83. The summed E-state index contributed by atoms with van der Waals surface area (Å²) in [5.74, 6) is 0. The predicted molar refractivity (Wildman–Crippen MR) is 92.1 cm³/mol. The molecule has 2 aromatic carbocycles. The van der Waals surface area contributed by atoms with Gasteiger partial charge in [-0.15, -0.1) is 0 Å². The molecule has 21 heavy (non-hydrogen) atoms. The van der Waals surface area contributed by atoms with E-state index in [1.54, 1.807) is 0 Å². The molecule has 1 N–H and O–H groups in total. The number of nitrogens with zero attached hydrogens (tertiary/aromatic N) is 1. The number of hydrogen-bond donors (Lipinski definition) is 2. The van der Waals surface area contributed by atoms with Crippen molar-refractivity contribution in [3.63, 3.8) is 0 Å². The highest BCUT2D eigenvalue weighted by molar-refractivity contribution is 7.82. The molecule has 0 heterocycles. The van der Waals surface area contributed by atoms with Gasteiger partial charge in [-0.25, -0.2) is 9.10 Å². The fourth-order valence-electron chi connectivity index (χ4n) is 2.24. The van der Waals surface area contributed by atoms with Gasteiger partial charge in [0.25, 0.3) is 0 Å². The minimum atomic E-state index is -0.250. The molecule has 0 atom stereocenters. The fraction of sp³-hybridized carbons (Fsp3) is 0.235. The van der Waals surface area contributed by atoms with E-state index in [0.717, 1.165) is 35.3 Å². The van der Waals surface area contributed by atoms with Crippen LogP contribution in [0.15, 0.2) is 48.5 Å². The van der Waals surface area contributed by atoms with E-state index < -0.39 is 0 Å². The summed E-state index contributed by atoms with van der Waals surface area (Å²) in [4.78, 5) is 12.4. The maximum Gasteiger partial charge on any atom is 0.336 e. The molecular formula is C17H20N2OS. The minimum absolute atomic E-state index is 0.250. The topological polar surface area (TPSA) is 32.3 Å². The normalized spacial score (nSPS) is 10.2. The van der Waals surface area contributed by atoms with Crippen molar-refractivity contribution < 1.29 is 4.79 Å². The zero-order chi connectivity index (χ0) is 15.2. The number of nitrogens with one attached hydrogen (secondary N) is 1. The fourth-order valence-corrected chi connectivity index (χ4v) is 2.49. The van der Waals surface area contributed by atoms with E-state index in [2.05, 4.69) is 32.0 Å². The van der Waals surface area contributed by atoms with Gasteiger partial charge in [0.2, 0.25) is 0 Å². The minimum Gasteiger partial charge on any atom is -0.307 e. The van der Waals surface area contributed by atoms with Crippen molar-refractivity contribution in [3.8, 4) is 0 Å². The van der Waals surface area contributed by atoms with E-state index >= 15 is 0 Å². The van der Waals surface area contributed by atoms with Crippen LogP contribution in [0.4, 0.5) is 16.2 Å². The molecule has 0 saturated heterocycles. The second-order valence-electron chi connectivity index (χ2n) is 4.73. The van der Waals surface area contributed by atoms with Crippen LogP contribution >= 0.6 is 12.8 Å². The summed E-state index contributed by atoms with van der Waals surface area (Å²) in [6.45, 7) is 4.13. The lowest BCUT2D eigenvalue weighted by Crippen LogP contribution is -2.28. The number of para-hydroxylation sites is 2. The number of thiol groups is 1. The molecule has 0 radical (unpaired) electrons. The molecule has 2 rings (SSSR count). The van der Waals surface area contributed by atoms with Crippen LogP contribution in [-0.4, -0.2) is 6.03 Å². The molecule has 0 bridgehead atoms. The number of anilines is 2. The Morgan fingerprint density at radius 1 is 1.00 bits per heavy atom. The van der Waals surface area contributed by atoms with Crippen molar-refractivity contribution in [2.75, 3.05) is 9.62 Å². The highest BCUT2D eigenvalue weighted by Gasteiger charge is 2.15. The standard InChI is InChI=1S/C17H20N2OS/c1-3-13-9-5-7-11-15(13)18-17(20)19(21)16-12-8-6-10-14(16)4-2/h5-12,21H,3-4H2,1-2H3,(H,18,20). The molecule has 0 aliphatic heterocycles. The third kappa shape index (κ3) is 3.58. The van der Waals surface area contributed by atoms with Crippen LogP contribution in [0.25, 0.3) is 0 Å². The Morgan fingerprint density at radius 2 is 1.57 bits per heavy atom. The van der Waals surface area contributed by atoms with Crippen LogP contribution < -0.4 is 9.62 Å². The summed E-state index contributed by atoms with van der Waals surface area (Å²) in [6.07, 6.45) is 1.72. The average molecular weight is 300 g/mol. The van der Waals surface area contributed by atoms with Crippen molar-refractivity contribution in [2.45, 2.75) is 26.7 Å². The van der Waals surface area contributed by atoms with Gasteiger partial charge < -0.3 is 5.32 Å². The van der Waals surface area contributed by atoms with Crippen LogP contribution in [-0.2, 0) is 12.8 Å². The highest BCUT2D eigenvalue weighted by Crippen LogP contribution is 2.24. The molecule has 4 heteroatoms. The van der Waals surface area contributed by atoms with E-state index in [9.17, 15) is 4.79 Å². The Kier molecular flexibility index (Phi) is 5.28. The van der Waals surface area contributed by atoms with Crippen LogP contribution in [0.3, 0.4) is 0 Å². The van der Waals surface area contributed by atoms with Crippen LogP contribution in [0.2, 0.25) is 0 Å². The summed E-state index contributed by atoms with van der Waals surface area (Å²) < 4.78 is 1.37. The van der Waals surface area contributed by atoms with Gasteiger partial charge in [0, 0.05) is 5.69 Å². The molecule has 0 aliphatic carbocycles. The largest absolute Gasteiger partial charge is 0.336 e. The van der Waals surface area contributed by atoms with Gasteiger partial charge in [-0.1, -0.05) is 63.1 Å². The van der Waals surface area contributed by atoms with E-state index in [-0.39, 0.29) is 6.03 Å². The predicted octanol–water partition coefficient (Wildman–Crippen LogP) is 4.69. The lowest BCUT2D eigenvalue weighted by molar-refractivity contribution is 0.260. The number of carbonyl (C=O) groups is 1. The third-order valence-electron chi connectivity index (χ3n) is 3.43. The first kappa shape index (κ1) is 15.4. The quantitative estimate of drug-likeness (QED) is 0.789. The summed E-state index contributed by atoms with van der Waals surface area (Å²) in [7, 11) is 0. The zero-order valence-electron chi connectivity index (χ0n) is 12.3. The van der Waals surface area contributed by atoms with E-state index in [1.807, 2.05) is 48.5 Å². The molecule has 2 amide bonds. The van der Waals surface area contributed by atoms with E-state index in [0.29, 0.717) is 0 Å². The van der Waals surface area contributed by atoms with Gasteiger partial charge in [-0.3, -0.25) is 0 Å². The van der Waals surface area contributed by atoms with Crippen molar-refractivity contribution in [1.29, 1.82) is 0 Å². The van der Waals surface area contributed by atoms with Crippen molar-refractivity contribution in [1.82, 2.24) is 0 Å². The Labute approximate surface area is 131 Å². The Balaban J connectivity index is 2.20. The summed E-state index contributed by atoms with van der Waals surface area (Å²) in [5.41, 5.74) is 3.84. The maximum absolute atomic E-state index is 12.4. The molecule has 110 valence electrons. The molecule has 0 aromatic heterocycles. The number of benzene rings is 2. The number of urea groups is 1. The van der Waals surface area contributed by atoms with Gasteiger partial charge in [0.1, 0.15) is 0 Å². The lowest BCUT2D eigenvalue weighted by atomic mass is 10.1. The van der Waals surface area contributed by atoms with Gasteiger partial charge in [0.15, 0.2) is 0 Å². The number of amides is 2. The van der Waals surface area contributed by atoms with E-state index in [4.69, 9.17) is 0 Å². The van der Waals surface area contributed by atoms with Crippen molar-refractivity contribution in [2.24, 2.45) is 0 Å². The SMILES string of the molecule is CCc1ccccc1NC(=O)N(S)c1ccccc1CC. The van der Waals surface area contributed by atoms with Gasteiger partial charge in [-0.2, -0.15) is 0 Å². The van der Waals surface area contributed by atoms with Crippen molar-refractivity contribution >= 4 is 30.2 Å². The van der Waals surface area contributed by atoms with Gasteiger partial charge in [-0.05, 0) is 36.1 Å². The zero-order valence-corrected chi connectivity index (χ0v) is 13.2. The van der Waals surface area contributed by atoms with Crippen molar-refractivity contribution in [3.05, 3.63) is 59.7 Å². The second kappa shape index (κ2) is 7.18. The maximum atomic E-state index is 12.4. The number of aryl methyl sites for hydroxylation is 2. The lowest BCUT2D eigenvalue weighted by Gasteiger charge is -2.20. The molecular weight excluding hydrogens is 280 g/mol. The van der Waals surface area contributed by atoms with Gasteiger partial charge >= 0.3 is 6.03 Å². The molecule has 0 aliphatic rings. The first-order valence-corrected chi connectivity index (χ1v) is 7.53. The van der Waals surface area contributed by atoms with Gasteiger partial charge in [0.05, 0.1) is 5.69 Å². The summed E-state index contributed by atoms with van der Waals surface area (Å²) in [6, 6.07) is 15.3. The van der Waals surface area contributed by atoms with Crippen LogP contribution in [0, 0.1) is 0 Å². The van der Waals surface area contributed by atoms with Crippen LogP contribution in [0.1, 0.15) is 25.0 Å². The monoisotopic (exact) mass is 300 g/mol. The number of rotatable bonds is 4. The smallest absolute Gasteiger partial charge is 0.307 e. The second-order valence-corrected chi connectivity index (χ2v) is 5.13. The molecule has 0 saturated carbocycles. The molecule has 2 aromatic rings. The highest BCUT2D eigenvalue weighted by atomic mass is 32.1. The Hall–Kier alpha value is -1.94.